The Kier molecular flexibility index (Phi) is 7.56. The number of rotatable bonds is 6. The monoisotopic (exact) mass is 181 g/mol. The SMILES string of the molecule is CCCCCSN[S-](=N)=O. The number of hydrogen-bond acceptors (Lipinski definition) is 4. The lowest BCUT2D eigenvalue weighted by Gasteiger charge is -2.02. The van der Waals surface area contributed by atoms with Gasteiger partial charge in [-0.25, -0.2) is 0 Å². The van der Waals surface area contributed by atoms with Crippen molar-refractivity contribution in [1.29, 1.82) is 4.78 Å². The molecule has 0 spiro atoms. The van der Waals surface area contributed by atoms with Gasteiger partial charge in [0.2, 0.25) is 0 Å². The van der Waals surface area contributed by atoms with Crippen LogP contribution >= 0.6 is 11.9 Å². The molecule has 0 saturated heterocycles. The van der Waals surface area contributed by atoms with E-state index >= 15 is 0 Å². The molecule has 62 valence electrons. The lowest BCUT2D eigenvalue weighted by Crippen LogP contribution is -1.98. The molecule has 0 aromatic heterocycles. The number of hydrogen-bond donors (Lipinski definition) is 2. The average molecular weight is 181 g/mol. The van der Waals surface area contributed by atoms with Gasteiger partial charge in [0.05, 0.1) is 0 Å². The molecular formula is C5H13N2OS2-. The van der Waals surface area contributed by atoms with Crippen molar-refractivity contribution in [3.8, 4) is 0 Å². The molecule has 0 radical (unpaired) electrons. The van der Waals surface area contributed by atoms with Crippen LogP contribution in [-0.2, 0) is 15.0 Å². The summed E-state index contributed by atoms with van der Waals surface area (Å²) in [6, 6.07) is 0. The van der Waals surface area contributed by atoms with Crippen molar-refractivity contribution >= 4 is 22.7 Å². The van der Waals surface area contributed by atoms with Crippen LogP contribution < -0.4 is 4.13 Å². The van der Waals surface area contributed by atoms with Crippen molar-refractivity contribution in [2.75, 3.05) is 5.75 Å². The third-order valence-electron chi connectivity index (χ3n) is 0.985. The van der Waals surface area contributed by atoms with Crippen LogP contribution in [0.1, 0.15) is 26.2 Å². The molecule has 0 aromatic rings. The smallest absolute Gasteiger partial charge is 0.00632 e. The van der Waals surface area contributed by atoms with E-state index in [1.54, 1.807) is 0 Å². The third kappa shape index (κ3) is 8.26. The van der Waals surface area contributed by atoms with Gasteiger partial charge in [0.25, 0.3) is 0 Å². The number of nitrogens with one attached hydrogen (secondary N) is 2. The van der Waals surface area contributed by atoms with E-state index in [0.29, 0.717) is 0 Å². The van der Waals surface area contributed by atoms with E-state index in [2.05, 4.69) is 11.1 Å². The summed E-state index contributed by atoms with van der Waals surface area (Å²) >= 11 is 1.36. The van der Waals surface area contributed by atoms with Crippen molar-refractivity contribution in [3.63, 3.8) is 0 Å². The van der Waals surface area contributed by atoms with Crippen molar-refractivity contribution in [2.45, 2.75) is 26.2 Å². The highest BCUT2D eigenvalue weighted by atomic mass is 32.2. The predicted octanol–water partition coefficient (Wildman–Crippen LogP) is 2.06. The Labute approximate surface area is 68.2 Å². The van der Waals surface area contributed by atoms with Crippen LogP contribution in [0.3, 0.4) is 0 Å². The molecule has 0 aliphatic carbocycles. The Bertz CT molecular complexity index is 128. The summed E-state index contributed by atoms with van der Waals surface area (Å²) in [6.45, 7) is 2.14. The van der Waals surface area contributed by atoms with E-state index in [9.17, 15) is 4.21 Å². The first-order valence-electron chi connectivity index (χ1n) is 3.27. The van der Waals surface area contributed by atoms with Gasteiger partial charge in [-0.1, -0.05) is 19.8 Å². The molecule has 0 heterocycles. The van der Waals surface area contributed by atoms with Crippen LogP contribution in [0.5, 0.6) is 0 Å². The summed E-state index contributed by atoms with van der Waals surface area (Å²) in [5.74, 6) is 0.943. The van der Waals surface area contributed by atoms with Crippen LogP contribution in [0, 0.1) is 4.78 Å². The van der Waals surface area contributed by atoms with E-state index in [1.165, 1.54) is 24.8 Å². The second-order valence-electron chi connectivity index (χ2n) is 1.91. The van der Waals surface area contributed by atoms with Crippen molar-refractivity contribution in [2.24, 2.45) is 0 Å². The summed E-state index contributed by atoms with van der Waals surface area (Å²) in [5, 5.41) is 0. The highest BCUT2D eigenvalue weighted by Crippen LogP contribution is 2.01. The third-order valence-corrected chi connectivity index (χ3v) is 2.55. The molecule has 0 bridgehead atoms. The zero-order valence-corrected chi connectivity index (χ0v) is 7.69. The topological polar surface area (TPSA) is 53.0 Å². The normalized spacial score (nSPS) is 10.6. The first-order valence-corrected chi connectivity index (χ1v) is 5.41. The number of unbranched alkanes of at least 4 members (excludes halogenated alkanes) is 2. The van der Waals surface area contributed by atoms with Crippen molar-refractivity contribution in [3.05, 3.63) is 0 Å². The summed E-state index contributed by atoms with van der Waals surface area (Å²) in [7, 11) is -1.61. The maximum Gasteiger partial charge on any atom is 0.00632 e. The molecule has 0 aliphatic rings. The van der Waals surface area contributed by atoms with E-state index < -0.39 is 10.8 Å². The summed E-state index contributed by atoms with van der Waals surface area (Å²) in [4.78, 5) is 0. The highest BCUT2D eigenvalue weighted by Gasteiger charge is 1.83. The maximum atomic E-state index is 10.1. The molecule has 0 aliphatic heterocycles. The van der Waals surface area contributed by atoms with E-state index in [0.717, 1.165) is 12.2 Å². The Balaban J connectivity index is 2.91. The summed E-state index contributed by atoms with van der Waals surface area (Å²) in [6.07, 6.45) is 3.54. The van der Waals surface area contributed by atoms with Crippen LogP contribution in [0.25, 0.3) is 0 Å². The van der Waals surface area contributed by atoms with Gasteiger partial charge in [0.15, 0.2) is 0 Å². The van der Waals surface area contributed by atoms with Crippen molar-refractivity contribution < 1.29 is 4.21 Å². The molecule has 2 N–H and O–H groups in total. The van der Waals surface area contributed by atoms with Gasteiger partial charge < -0.3 is 13.1 Å². The van der Waals surface area contributed by atoms with Crippen LogP contribution in [0.2, 0.25) is 0 Å². The molecule has 0 saturated carbocycles. The molecule has 0 atom stereocenters. The quantitative estimate of drug-likeness (QED) is 0.374. The minimum atomic E-state index is -1.61. The van der Waals surface area contributed by atoms with Crippen LogP contribution in [0.4, 0.5) is 0 Å². The van der Waals surface area contributed by atoms with Gasteiger partial charge in [-0.3, -0.25) is 0 Å². The average Bonchev–Trinajstić information content (AvgIpc) is 1.87. The first-order chi connectivity index (χ1) is 4.77. The largest absolute Gasteiger partial charge is 0.429 e. The van der Waals surface area contributed by atoms with E-state index in [-0.39, 0.29) is 0 Å². The van der Waals surface area contributed by atoms with Gasteiger partial charge in [-0.2, -0.15) is 0 Å². The predicted molar refractivity (Wildman–Crippen MR) is 45.9 cm³/mol. The fourth-order valence-electron chi connectivity index (χ4n) is 0.519. The molecule has 0 fully saturated rings. The van der Waals surface area contributed by atoms with Gasteiger partial charge in [-0.15, -0.1) is 22.7 Å². The molecule has 0 aromatic carbocycles. The van der Waals surface area contributed by atoms with Gasteiger partial charge >= 0.3 is 0 Å². The lowest BCUT2D eigenvalue weighted by atomic mass is 10.3. The Hall–Kier alpha value is 0.260. The van der Waals surface area contributed by atoms with Gasteiger partial charge in [0.1, 0.15) is 0 Å². The second kappa shape index (κ2) is 7.37. The van der Waals surface area contributed by atoms with E-state index in [4.69, 9.17) is 4.78 Å². The molecule has 3 nitrogen and oxygen atoms in total. The standard InChI is InChI=1S/C5H13N2OS2/c1-2-3-4-5-9-7-10(6)8/h2-5H2,1H3,(H2,6,7,8)/q-1. The molecule has 0 unspecified atom stereocenters. The first kappa shape index (κ1) is 10.3. The van der Waals surface area contributed by atoms with Gasteiger partial charge in [0, 0.05) is 5.75 Å². The maximum absolute atomic E-state index is 10.1. The van der Waals surface area contributed by atoms with Gasteiger partial charge in [-0.05, 0) is 6.42 Å². The molecule has 10 heavy (non-hydrogen) atoms. The van der Waals surface area contributed by atoms with E-state index in [1.807, 2.05) is 0 Å². The summed E-state index contributed by atoms with van der Waals surface area (Å²) < 4.78 is 19.2. The van der Waals surface area contributed by atoms with Crippen LogP contribution in [-0.4, -0.2) is 5.75 Å². The molecular weight excluding hydrogens is 168 g/mol. The highest BCUT2D eigenvalue weighted by molar-refractivity contribution is 8.04. The Morgan fingerprint density at radius 1 is 1.60 bits per heavy atom. The van der Waals surface area contributed by atoms with Crippen LogP contribution in [0.15, 0.2) is 0 Å². The Morgan fingerprint density at radius 2 is 2.30 bits per heavy atom. The molecule has 0 amide bonds. The minimum absolute atomic E-state index is 0.943. The van der Waals surface area contributed by atoms with Crippen molar-refractivity contribution in [1.82, 2.24) is 4.13 Å². The molecule has 0 rings (SSSR count). The molecule has 5 heteroatoms. The fraction of sp³-hybridized carbons (Fsp3) is 1.00. The lowest BCUT2D eigenvalue weighted by molar-refractivity contribution is 0.598. The second-order valence-corrected chi connectivity index (χ2v) is 3.81. The summed E-state index contributed by atoms with van der Waals surface area (Å²) in [5.41, 5.74) is 0. The minimum Gasteiger partial charge on any atom is -0.429 e. The zero-order valence-electron chi connectivity index (χ0n) is 6.05. The fourth-order valence-corrected chi connectivity index (χ4v) is 1.63. The Morgan fingerprint density at radius 3 is 2.80 bits per heavy atom. The zero-order chi connectivity index (χ0) is 7.82.